The molecule has 1 aliphatic carbocycles. The maximum Gasteiger partial charge on any atom is 0.321 e. The van der Waals surface area contributed by atoms with Crippen molar-refractivity contribution in [3.05, 3.63) is 29.8 Å². The summed E-state index contributed by atoms with van der Waals surface area (Å²) < 4.78 is 5.34. The minimum Gasteiger partial charge on any atom is -0.494 e. The Morgan fingerprint density at radius 3 is 2.15 bits per heavy atom. The smallest absolute Gasteiger partial charge is 0.321 e. The molecule has 1 atom stereocenters. The van der Waals surface area contributed by atoms with Crippen LogP contribution in [0.5, 0.6) is 5.75 Å². The van der Waals surface area contributed by atoms with Gasteiger partial charge in [-0.3, -0.25) is 9.59 Å². The van der Waals surface area contributed by atoms with Crippen LogP contribution >= 0.6 is 0 Å². The fourth-order valence-electron chi connectivity index (χ4n) is 2.10. The number of hydrogen-bond acceptors (Lipinski definition) is 6. The molecule has 1 saturated carbocycles. The Morgan fingerprint density at radius 2 is 1.85 bits per heavy atom. The van der Waals surface area contributed by atoms with Crippen molar-refractivity contribution in [3.63, 3.8) is 0 Å². The monoisotopic (exact) mass is 367 g/mol. The highest BCUT2D eigenvalue weighted by molar-refractivity contribution is 5.74. The van der Waals surface area contributed by atoms with Gasteiger partial charge in [-0.15, -0.1) is 0 Å². The highest BCUT2D eigenvalue weighted by Crippen LogP contribution is 2.14. The van der Waals surface area contributed by atoms with Gasteiger partial charge in [0.15, 0.2) is 0 Å². The van der Waals surface area contributed by atoms with Crippen LogP contribution < -0.4 is 21.9 Å². The third kappa shape index (κ3) is 12.4. The molecule has 1 aromatic rings. The van der Waals surface area contributed by atoms with Crippen LogP contribution in [0.4, 0.5) is 0 Å². The summed E-state index contributed by atoms with van der Waals surface area (Å²) in [6, 6.07) is 6.74. The lowest BCUT2D eigenvalue weighted by Gasteiger charge is -2.15. The molecule has 0 bridgehead atoms. The summed E-state index contributed by atoms with van der Waals surface area (Å²) in [6.07, 6.45) is 8.48. The van der Waals surface area contributed by atoms with Crippen LogP contribution in [0.3, 0.4) is 0 Å². The quantitative estimate of drug-likeness (QED) is 0.563. The van der Waals surface area contributed by atoms with E-state index in [1.807, 2.05) is 0 Å². The van der Waals surface area contributed by atoms with E-state index in [1.54, 1.807) is 24.3 Å². The van der Waals surface area contributed by atoms with Crippen LogP contribution in [0, 0.1) is 0 Å². The molecule has 2 rings (SSSR count). The van der Waals surface area contributed by atoms with Crippen LogP contribution in [-0.4, -0.2) is 42.6 Å². The number of aliphatic carboxylic acids is 1. The van der Waals surface area contributed by atoms with Crippen molar-refractivity contribution in [2.45, 2.75) is 57.5 Å². The minimum atomic E-state index is -1.05. The van der Waals surface area contributed by atoms with Crippen molar-refractivity contribution in [3.8, 4) is 5.75 Å². The largest absolute Gasteiger partial charge is 0.494 e. The van der Waals surface area contributed by atoms with Gasteiger partial charge in [-0.2, -0.15) is 0 Å². The second-order valence-corrected chi connectivity index (χ2v) is 6.11. The second kappa shape index (κ2) is 15.3. The third-order valence-electron chi connectivity index (χ3n) is 3.71. The fourth-order valence-corrected chi connectivity index (χ4v) is 2.10. The zero-order chi connectivity index (χ0) is 19.8. The molecule has 0 unspecified atom stereocenters. The van der Waals surface area contributed by atoms with Gasteiger partial charge in [0, 0.05) is 18.2 Å². The van der Waals surface area contributed by atoms with E-state index in [0.717, 1.165) is 25.1 Å². The van der Waals surface area contributed by atoms with Gasteiger partial charge < -0.3 is 27.0 Å². The number of ether oxygens (including phenoxy) is 1. The van der Waals surface area contributed by atoms with Gasteiger partial charge in [-0.1, -0.05) is 26.2 Å². The number of carboxylic acids is 1. The number of benzene rings is 1. The molecule has 1 aliphatic rings. The summed E-state index contributed by atoms with van der Waals surface area (Å²) in [5.41, 5.74) is 16.1. The summed E-state index contributed by atoms with van der Waals surface area (Å²) >= 11 is 0. The lowest BCUT2D eigenvalue weighted by Crippen LogP contribution is -2.37. The first-order chi connectivity index (χ1) is 12.4. The SMILES string of the molecule is CCCOc1ccc(C=O)cc1.NC1CCCCC1.NC[C@H](N)C(=O)O. The van der Waals surface area contributed by atoms with Crippen molar-refractivity contribution in [2.24, 2.45) is 17.2 Å². The Balaban J connectivity index is 0.000000385. The van der Waals surface area contributed by atoms with Crippen molar-refractivity contribution >= 4 is 12.3 Å². The lowest BCUT2D eigenvalue weighted by atomic mass is 9.97. The fraction of sp³-hybridized carbons (Fsp3) is 0.579. The predicted octanol–water partition coefficient (Wildman–Crippen LogP) is 1.92. The van der Waals surface area contributed by atoms with E-state index in [9.17, 15) is 9.59 Å². The number of hydrogen-bond donors (Lipinski definition) is 4. The molecular weight excluding hydrogens is 334 g/mol. The van der Waals surface area contributed by atoms with E-state index in [1.165, 1.54) is 32.1 Å². The number of rotatable bonds is 6. The average Bonchev–Trinajstić information content (AvgIpc) is 2.67. The van der Waals surface area contributed by atoms with Gasteiger partial charge in [0.1, 0.15) is 18.1 Å². The van der Waals surface area contributed by atoms with Gasteiger partial charge in [-0.05, 0) is 43.5 Å². The number of aldehydes is 1. The summed E-state index contributed by atoms with van der Waals surface area (Å²) in [7, 11) is 0. The van der Waals surface area contributed by atoms with Crippen molar-refractivity contribution in [1.29, 1.82) is 0 Å². The molecular formula is C19H33N3O4. The highest BCUT2D eigenvalue weighted by atomic mass is 16.5. The zero-order valence-corrected chi connectivity index (χ0v) is 15.6. The number of carbonyl (C=O) groups is 2. The van der Waals surface area contributed by atoms with Crippen LogP contribution in [0.1, 0.15) is 55.8 Å². The average molecular weight is 367 g/mol. The van der Waals surface area contributed by atoms with Crippen LogP contribution in [-0.2, 0) is 4.79 Å². The van der Waals surface area contributed by atoms with Gasteiger partial charge in [0.25, 0.3) is 0 Å². The molecule has 7 heteroatoms. The predicted molar refractivity (Wildman–Crippen MR) is 103 cm³/mol. The molecule has 0 amide bonds. The summed E-state index contributed by atoms with van der Waals surface area (Å²) in [6.45, 7) is 2.77. The Bertz CT molecular complexity index is 488. The number of carboxylic acid groups (broad SMARTS) is 1. The Kier molecular flexibility index (Phi) is 14.2. The molecule has 0 heterocycles. The summed E-state index contributed by atoms with van der Waals surface area (Å²) in [4.78, 5) is 20.0. The topological polar surface area (TPSA) is 142 Å². The summed E-state index contributed by atoms with van der Waals surface area (Å²) in [5, 5.41) is 7.98. The summed E-state index contributed by atoms with van der Waals surface area (Å²) in [5.74, 6) is -0.232. The first kappa shape index (κ1) is 24.0. The van der Waals surface area contributed by atoms with Gasteiger partial charge in [0.05, 0.1) is 6.61 Å². The lowest BCUT2D eigenvalue weighted by molar-refractivity contribution is -0.138. The van der Waals surface area contributed by atoms with Crippen LogP contribution in [0.15, 0.2) is 24.3 Å². The third-order valence-corrected chi connectivity index (χ3v) is 3.71. The van der Waals surface area contributed by atoms with Crippen molar-refractivity contribution in [1.82, 2.24) is 0 Å². The Labute approximate surface area is 155 Å². The maximum atomic E-state index is 10.3. The van der Waals surface area contributed by atoms with Crippen LogP contribution in [0.25, 0.3) is 0 Å². The highest BCUT2D eigenvalue weighted by Gasteiger charge is 2.06. The van der Waals surface area contributed by atoms with Crippen molar-refractivity contribution in [2.75, 3.05) is 13.2 Å². The van der Waals surface area contributed by atoms with E-state index in [4.69, 9.17) is 27.0 Å². The molecule has 0 aromatic heterocycles. The Morgan fingerprint density at radius 1 is 1.27 bits per heavy atom. The Hall–Kier alpha value is -1.96. The first-order valence-electron chi connectivity index (χ1n) is 9.06. The molecule has 0 radical (unpaired) electrons. The maximum absolute atomic E-state index is 10.3. The van der Waals surface area contributed by atoms with Gasteiger partial charge in [0.2, 0.25) is 0 Å². The normalized spacial score (nSPS) is 14.8. The standard InChI is InChI=1S/C10H12O2.C6H13N.C3H8N2O2/c1-2-7-12-10-5-3-9(8-11)4-6-10;7-6-4-2-1-3-5-6;4-1-2(5)3(6)7/h3-6,8H,2,7H2,1H3;6H,1-5,7H2;2H,1,4-5H2,(H,6,7)/t;;2-/m..0/s1. The number of carbonyl (C=O) groups excluding carboxylic acids is 1. The zero-order valence-electron chi connectivity index (χ0n) is 15.6. The molecule has 26 heavy (non-hydrogen) atoms. The minimum absolute atomic E-state index is 0.00463. The van der Waals surface area contributed by atoms with Gasteiger partial charge in [-0.25, -0.2) is 0 Å². The van der Waals surface area contributed by atoms with E-state index in [2.05, 4.69) is 6.92 Å². The molecule has 1 aromatic carbocycles. The van der Waals surface area contributed by atoms with E-state index < -0.39 is 12.0 Å². The molecule has 0 saturated heterocycles. The second-order valence-electron chi connectivity index (χ2n) is 6.11. The molecule has 1 fully saturated rings. The molecule has 0 spiro atoms. The molecule has 7 nitrogen and oxygen atoms in total. The van der Waals surface area contributed by atoms with Crippen LogP contribution in [0.2, 0.25) is 0 Å². The van der Waals surface area contributed by atoms with E-state index >= 15 is 0 Å². The molecule has 7 N–H and O–H groups in total. The molecule has 148 valence electrons. The van der Waals surface area contributed by atoms with E-state index in [-0.39, 0.29) is 6.54 Å². The van der Waals surface area contributed by atoms with Gasteiger partial charge >= 0.3 is 5.97 Å². The van der Waals surface area contributed by atoms with Crippen molar-refractivity contribution < 1.29 is 19.4 Å². The van der Waals surface area contributed by atoms with E-state index in [0.29, 0.717) is 11.6 Å². The molecule has 0 aliphatic heterocycles. The number of nitrogens with two attached hydrogens (primary N) is 3. The first-order valence-corrected chi connectivity index (χ1v) is 9.06.